The van der Waals surface area contributed by atoms with Crippen molar-refractivity contribution in [2.75, 3.05) is 36.5 Å². The van der Waals surface area contributed by atoms with E-state index in [0.29, 0.717) is 30.3 Å². The number of hydrogen-bond donors (Lipinski definition) is 2. The van der Waals surface area contributed by atoms with Crippen LogP contribution in [-0.4, -0.2) is 51.8 Å². The monoisotopic (exact) mass is 446 g/mol. The van der Waals surface area contributed by atoms with Crippen LogP contribution in [0, 0.1) is 11.3 Å². The van der Waals surface area contributed by atoms with E-state index in [1.807, 2.05) is 6.07 Å². The maximum atomic E-state index is 11.0. The van der Waals surface area contributed by atoms with Gasteiger partial charge in [-0.1, -0.05) is 0 Å². The van der Waals surface area contributed by atoms with Crippen molar-refractivity contribution in [1.29, 1.82) is 5.26 Å². The minimum atomic E-state index is -1.02. The molecule has 33 heavy (non-hydrogen) atoms. The Morgan fingerprint density at radius 2 is 2.03 bits per heavy atom. The maximum Gasteiger partial charge on any atom is 0.169 e. The Balaban J connectivity index is 1.43. The van der Waals surface area contributed by atoms with Gasteiger partial charge in [0.2, 0.25) is 0 Å². The molecule has 0 aliphatic carbocycles. The van der Waals surface area contributed by atoms with Crippen LogP contribution < -0.4 is 15.0 Å². The second-order valence-corrected chi connectivity index (χ2v) is 8.86. The van der Waals surface area contributed by atoms with Crippen LogP contribution in [0.3, 0.4) is 0 Å². The zero-order chi connectivity index (χ0) is 23.0. The number of aliphatic hydroxyl groups is 1. The van der Waals surface area contributed by atoms with E-state index >= 15 is 0 Å². The largest absolute Gasteiger partial charge is 0.487 e. The lowest BCUT2D eigenvalue weighted by Crippen LogP contribution is -2.36. The van der Waals surface area contributed by atoms with Crippen molar-refractivity contribution in [2.24, 2.45) is 0 Å². The number of aliphatic hydroxyl groups excluding tert-OH is 1. The van der Waals surface area contributed by atoms with Gasteiger partial charge in [0.05, 0.1) is 30.3 Å². The Morgan fingerprint density at radius 1 is 1.21 bits per heavy atom. The molecule has 2 aromatic heterocycles. The molecule has 5 rings (SSSR count). The van der Waals surface area contributed by atoms with Crippen LogP contribution in [0.25, 0.3) is 5.69 Å². The average molecular weight is 447 g/mol. The van der Waals surface area contributed by atoms with Crippen molar-refractivity contribution >= 4 is 11.4 Å². The lowest BCUT2D eigenvalue weighted by Gasteiger charge is -2.31. The molecule has 2 aliphatic heterocycles. The van der Waals surface area contributed by atoms with Crippen molar-refractivity contribution in [3.63, 3.8) is 0 Å². The topological polar surface area (TPSA) is 108 Å². The van der Waals surface area contributed by atoms with Gasteiger partial charge in [0.1, 0.15) is 28.8 Å². The molecule has 170 valence electrons. The number of pyridine rings is 1. The number of rotatable bonds is 5. The molecule has 1 atom stereocenters. The van der Waals surface area contributed by atoms with Crippen LogP contribution in [0.1, 0.15) is 37.0 Å². The van der Waals surface area contributed by atoms with Gasteiger partial charge in [-0.15, -0.1) is 0 Å². The number of hydrogen-bond acceptors (Lipinski definition) is 8. The number of anilines is 2. The van der Waals surface area contributed by atoms with E-state index < -0.39 is 6.23 Å². The Labute approximate surface area is 192 Å². The molecule has 2 aliphatic rings. The highest BCUT2D eigenvalue weighted by Gasteiger charge is 2.32. The van der Waals surface area contributed by atoms with Gasteiger partial charge in [-0.05, 0) is 32.0 Å². The van der Waals surface area contributed by atoms with E-state index in [0.717, 1.165) is 42.2 Å². The first-order chi connectivity index (χ1) is 15.9. The average Bonchev–Trinajstić information content (AvgIpc) is 3.42. The minimum Gasteiger partial charge on any atom is -0.487 e. The summed E-state index contributed by atoms with van der Waals surface area (Å²) in [6.45, 7) is 7.01. The molecule has 9 nitrogen and oxygen atoms in total. The molecule has 0 radical (unpaired) electrons. The second kappa shape index (κ2) is 8.39. The molecule has 2 N–H and O–H groups in total. The lowest BCUT2D eigenvalue weighted by molar-refractivity contribution is 0.122. The minimum absolute atomic E-state index is 0.257. The fourth-order valence-corrected chi connectivity index (χ4v) is 4.29. The molecule has 3 aromatic rings. The third kappa shape index (κ3) is 4.35. The molecule has 0 amide bonds. The standard InChI is InChI=1S/C24H26N6O3/c1-24(2)14-16-11-20(21(13-22(16)33-24)29-7-9-32-10-8-29)27-23(31)19-4-6-30(28-19)18-3-5-26-17(12-18)15-25/h3-6,11-13,23,27,31H,7-10,14H2,1-2H3. The molecule has 0 spiro atoms. The van der Waals surface area contributed by atoms with Crippen molar-refractivity contribution in [3.05, 3.63) is 59.7 Å². The molecular weight excluding hydrogens is 420 g/mol. The summed E-state index contributed by atoms with van der Waals surface area (Å²) in [7, 11) is 0. The fourth-order valence-electron chi connectivity index (χ4n) is 4.29. The van der Waals surface area contributed by atoms with Crippen LogP contribution in [-0.2, 0) is 11.2 Å². The first-order valence-electron chi connectivity index (χ1n) is 11.0. The third-order valence-electron chi connectivity index (χ3n) is 5.84. The van der Waals surface area contributed by atoms with Gasteiger partial charge >= 0.3 is 0 Å². The van der Waals surface area contributed by atoms with E-state index in [1.54, 1.807) is 35.3 Å². The number of aromatic nitrogens is 3. The summed E-state index contributed by atoms with van der Waals surface area (Å²) < 4.78 is 13.3. The smallest absolute Gasteiger partial charge is 0.169 e. The van der Waals surface area contributed by atoms with Gasteiger partial charge < -0.3 is 24.8 Å². The Kier molecular flexibility index (Phi) is 5.40. The highest BCUT2D eigenvalue weighted by atomic mass is 16.5. The van der Waals surface area contributed by atoms with E-state index in [2.05, 4.69) is 46.3 Å². The lowest BCUT2D eigenvalue weighted by atomic mass is 10.0. The van der Waals surface area contributed by atoms with Gasteiger partial charge in [0.15, 0.2) is 6.23 Å². The van der Waals surface area contributed by atoms with Crippen LogP contribution in [0.5, 0.6) is 5.75 Å². The van der Waals surface area contributed by atoms with Gasteiger partial charge in [-0.25, -0.2) is 9.67 Å². The maximum absolute atomic E-state index is 11.0. The van der Waals surface area contributed by atoms with Crippen LogP contribution in [0.4, 0.5) is 11.4 Å². The molecule has 0 bridgehead atoms. The number of ether oxygens (including phenoxy) is 2. The van der Waals surface area contributed by atoms with Gasteiger partial charge in [0, 0.05) is 49.6 Å². The Hall–Kier alpha value is -3.61. The van der Waals surface area contributed by atoms with Crippen LogP contribution in [0.15, 0.2) is 42.7 Å². The molecule has 1 aromatic carbocycles. The van der Waals surface area contributed by atoms with Gasteiger partial charge in [-0.2, -0.15) is 10.4 Å². The van der Waals surface area contributed by atoms with Crippen LogP contribution >= 0.6 is 0 Å². The van der Waals surface area contributed by atoms with E-state index in [4.69, 9.17) is 14.7 Å². The van der Waals surface area contributed by atoms with Crippen molar-refractivity contribution < 1.29 is 14.6 Å². The Morgan fingerprint density at radius 3 is 2.82 bits per heavy atom. The molecular formula is C24H26N6O3. The number of nitrogens with zero attached hydrogens (tertiary/aromatic N) is 5. The number of morpholine rings is 1. The van der Waals surface area contributed by atoms with E-state index in [9.17, 15) is 5.11 Å². The van der Waals surface area contributed by atoms with Crippen molar-refractivity contribution in [1.82, 2.24) is 14.8 Å². The predicted octanol–water partition coefficient (Wildman–Crippen LogP) is 2.79. The van der Waals surface area contributed by atoms with E-state index in [1.165, 1.54) is 0 Å². The number of nitriles is 1. The molecule has 9 heteroatoms. The molecule has 4 heterocycles. The summed E-state index contributed by atoms with van der Waals surface area (Å²) in [6.07, 6.45) is 3.09. The predicted molar refractivity (Wildman–Crippen MR) is 123 cm³/mol. The third-order valence-corrected chi connectivity index (χ3v) is 5.84. The first kappa shape index (κ1) is 21.2. The van der Waals surface area contributed by atoms with Gasteiger partial charge in [-0.3, -0.25) is 0 Å². The summed E-state index contributed by atoms with van der Waals surface area (Å²) in [5.74, 6) is 0.886. The molecule has 0 saturated carbocycles. The van der Waals surface area contributed by atoms with Crippen molar-refractivity contribution in [2.45, 2.75) is 32.1 Å². The summed E-state index contributed by atoms with van der Waals surface area (Å²) in [6, 6.07) is 11.3. The van der Waals surface area contributed by atoms with Crippen molar-refractivity contribution in [3.8, 4) is 17.5 Å². The first-order valence-corrected chi connectivity index (χ1v) is 11.0. The Bertz CT molecular complexity index is 1210. The number of fused-ring (bicyclic) bond motifs is 1. The normalized spacial score (nSPS) is 17.7. The summed E-state index contributed by atoms with van der Waals surface area (Å²) in [5.41, 5.74) is 4.13. The SMILES string of the molecule is CC1(C)Cc2cc(NC(O)c3ccn(-c4ccnc(C#N)c4)n3)c(N3CCOCC3)cc2O1. The molecule has 1 unspecified atom stereocenters. The van der Waals surface area contributed by atoms with E-state index in [-0.39, 0.29) is 5.60 Å². The fraction of sp³-hybridized carbons (Fsp3) is 0.375. The highest BCUT2D eigenvalue weighted by Crippen LogP contribution is 2.42. The van der Waals surface area contributed by atoms with Crippen LogP contribution in [0.2, 0.25) is 0 Å². The quantitative estimate of drug-likeness (QED) is 0.576. The zero-order valence-corrected chi connectivity index (χ0v) is 18.7. The summed E-state index contributed by atoms with van der Waals surface area (Å²) in [4.78, 5) is 6.23. The zero-order valence-electron chi connectivity index (χ0n) is 18.7. The molecule has 1 fully saturated rings. The number of nitrogens with one attached hydrogen (secondary N) is 1. The second-order valence-electron chi connectivity index (χ2n) is 8.86. The van der Waals surface area contributed by atoms with Gasteiger partial charge in [0.25, 0.3) is 0 Å². The summed E-state index contributed by atoms with van der Waals surface area (Å²) >= 11 is 0. The summed E-state index contributed by atoms with van der Waals surface area (Å²) in [5, 5.41) is 27.8. The highest BCUT2D eigenvalue weighted by molar-refractivity contribution is 5.75. The number of benzene rings is 1. The molecule has 1 saturated heterocycles.